The van der Waals surface area contributed by atoms with Gasteiger partial charge in [-0.15, -0.1) is 0 Å². The van der Waals surface area contributed by atoms with Crippen molar-refractivity contribution in [1.82, 2.24) is 15.5 Å². The van der Waals surface area contributed by atoms with Crippen molar-refractivity contribution in [2.24, 2.45) is 0 Å². The van der Waals surface area contributed by atoms with Gasteiger partial charge in [-0.05, 0) is 56.2 Å². The van der Waals surface area contributed by atoms with Crippen LogP contribution in [0.2, 0.25) is 1.41 Å². The SMILES string of the molecule is [H]/N=C(\c1ccc(-c2ccc(C(NC(CC(C)(C)F)C(=O)NC3(C#N)CC3)C(F)(F)F)cc2)cc1)N(C#N)C1CC1. The number of nitrogens with zero attached hydrogens (tertiary/aromatic N) is 3. The van der Waals surface area contributed by atoms with Crippen LogP contribution in [-0.4, -0.2) is 46.1 Å². The van der Waals surface area contributed by atoms with E-state index in [0.717, 1.165) is 12.8 Å². The Hall–Kier alpha value is -3.96. The van der Waals surface area contributed by atoms with Crippen molar-refractivity contribution in [1.29, 1.82) is 15.9 Å². The average molecular weight is 555 g/mol. The Labute approximate surface area is 231 Å². The number of amides is 1. The summed E-state index contributed by atoms with van der Waals surface area (Å²) in [7, 11) is 0. The molecule has 3 N–H and O–H groups in total. The van der Waals surface area contributed by atoms with Gasteiger partial charge in [0.15, 0.2) is 7.60 Å². The summed E-state index contributed by atoms with van der Waals surface area (Å²) >= 11 is 0. The van der Waals surface area contributed by atoms with E-state index in [0.29, 0.717) is 29.5 Å². The number of hydrogen-bond acceptors (Lipinski definition) is 5. The van der Waals surface area contributed by atoms with E-state index in [1.807, 2.05) is 6.07 Å². The lowest BCUT2D eigenvalue weighted by Gasteiger charge is -2.30. The molecule has 2 unspecified atom stereocenters. The van der Waals surface area contributed by atoms with Crippen molar-refractivity contribution < 1.29 is 23.8 Å². The Morgan fingerprint density at radius 3 is 2.10 bits per heavy atom. The third-order valence-electron chi connectivity index (χ3n) is 7.00. The molecule has 0 saturated heterocycles. The second-order valence-electron chi connectivity index (χ2n) is 11.0. The molecule has 11 heteroatoms. The zero-order valence-corrected chi connectivity index (χ0v) is 22.1. The van der Waals surface area contributed by atoms with Crippen molar-refractivity contribution in [2.75, 3.05) is 0 Å². The number of nitriles is 2. The highest BCUT2D eigenvalue weighted by Gasteiger charge is 2.48. The first-order valence-corrected chi connectivity index (χ1v) is 13.0. The van der Waals surface area contributed by atoms with Crippen LogP contribution in [0.15, 0.2) is 48.5 Å². The van der Waals surface area contributed by atoms with Crippen LogP contribution in [0.25, 0.3) is 11.1 Å². The molecule has 0 heterocycles. The number of rotatable bonds is 10. The minimum Gasteiger partial charge on any atom is -0.336 e. The molecule has 7 nitrogen and oxygen atoms in total. The van der Waals surface area contributed by atoms with Crippen LogP contribution in [0.4, 0.5) is 17.6 Å². The van der Waals surface area contributed by atoms with Crippen molar-refractivity contribution in [2.45, 2.75) is 81.5 Å². The fraction of sp³-hybridized carbons (Fsp3) is 0.448. The van der Waals surface area contributed by atoms with Gasteiger partial charge in [0.05, 0.1) is 12.1 Å². The van der Waals surface area contributed by atoms with E-state index in [-0.39, 0.29) is 17.4 Å². The smallest absolute Gasteiger partial charge is 0.336 e. The molecule has 0 spiro atoms. The molecule has 2 saturated carbocycles. The van der Waals surface area contributed by atoms with Crippen molar-refractivity contribution in [3.63, 3.8) is 0 Å². The van der Waals surface area contributed by atoms with Crippen molar-refractivity contribution in [3.05, 3.63) is 59.7 Å². The predicted molar refractivity (Wildman–Crippen MR) is 140 cm³/mol. The van der Waals surface area contributed by atoms with E-state index in [2.05, 4.69) is 22.2 Å². The quantitative estimate of drug-likeness (QED) is 0.118. The molecule has 0 bridgehead atoms. The second-order valence-corrected chi connectivity index (χ2v) is 11.0. The zero-order valence-electron chi connectivity index (χ0n) is 23.1. The fourth-order valence-corrected chi connectivity index (χ4v) is 4.46. The third-order valence-corrected chi connectivity index (χ3v) is 7.00. The summed E-state index contributed by atoms with van der Waals surface area (Å²) in [5, 5.41) is 27.0. The van der Waals surface area contributed by atoms with Gasteiger partial charge in [-0.3, -0.25) is 20.4 Å². The molecule has 4 rings (SSSR count). The Morgan fingerprint density at radius 1 is 1.10 bits per heavy atom. The highest BCUT2D eigenvalue weighted by molar-refractivity contribution is 5.98. The first-order chi connectivity index (χ1) is 19.3. The molecule has 40 heavy (non-hydrogen) atoms. The van der Waals surface area contributed by atoms with Gasteiger partial charge in [0, 0.05) is 18.0 Å². The molecule has 2 aromatic rings. The average Bonchev–Trinajstić information content (AvgIpc) is 3.85. The van der Waals surface area contributed by atoms with E-state index in [1.54, 1.807) is 24.3 Å². The van der Waals surface area contributed by atoms with Crippen LogP contribution in [0, 0.1) is 28.2 Å². The second kappa shape index (κ2) is 10.9. The molecule has 0 radical (unpaired) electrons. The first-order valence-electron chi connectivity index (χ1n) is 13.4. The third kappa shape index (κ3) is 6.97. The van der Waals surface area contributed by atoms with E-state index in [9.17, 15) is 32.9 Å². The minimum atomic E-state index is -4.80. The Morgan fingerprint density at radius 2 is 1.68 bits per heavy atom. The largest absolute Gasteiger partial charge is 0.407 e. The molecule has 2 fully saturated rings. The van der Waals surface area contributed by atoms with Gasteiger partial charge in [0.25, 0.3) is 0 Å². The summed E-state index contributed by atoms with van der Waals surface area (Å²) in [4.78, 5) is 14.3. The summed E-state index contributed by atoms with van der Waals surface area (Å²) in [5.74, 6) is -0.624. The van der Waals surface area contributed by atoms with Gasteiger partial charge in [-0.2, -0.15) is 23.7 Å². The highest BCUT2D eigenvalue weighted by atomic mass is 19.4. The maximum atomic E-state index is 14.5. The van der Waals surface area contributed by atoms with E-state index >= 15 is 0 Å². The van der Waals surface area contributed by atoms with Crippen LogP contribution in [0.1, 0.15) is 63.1 Å². The van der Waals surface area contributed by atoms with E-state index < -0.39 is 41.8 Å². The number of amidine groups is 1. The lowest BCUT2D eigenvalue weighted by molar-refractivity contribution is -0.161. The first kappa shape index (κ1) is 27.6. The maximum absolute atomic E-state index is 14.5. The van der Waals surface area contributed by atoms with Crippen LogP contribution in [0.5, 0.6) is 0 Å². The molecule has 0 aromatic heterocycles. The molecule has 1 amide bonds. The highest BCUT2D eigenvalue weighted by Crippen LogP contribution is 2.37. The normalized spacial score (nSPS) is 18.5. The topological polar surface area (TPSA) is 116 Å². The molecule has 2 aromatic carbocycles. The van der Waals surface area contributed by atoms with E-state index in [1.165, 1.54) is 43.0 Å². The minimum absolute atomic E-state index is 0.0364. The molecule has 2 atom stereocenters. The molecule has 2 aliphatic carbocycles. The summed E-state index contributed by atoms with van der Waals surface area (Å²) < 4.78 is 64.7. The lowest BCUT2D eigenvalue weighted by atomic mass is 9.96. The Balaban J connectivity index is 1.54. The molecular weight excluding hydrogens is 524 g/mol. The number of benzene rings is 2. The monoisotopic (exact) mass is 554 g/mol. The molecular formula is C29H30F4N6O. The summed E-state index contributed by atoms with van der Waals surface area (Å²) in [6.45, 7) is 2.36. The number of nitrogens with one attached hydrogen (secondary N) is 3. The van der Waals surface area contributed by atoms with Crippen LogP contribution < -0.4 is 10.6 Å². The number of hydrogen-bond donors (Lipinski definition) is 3. The number of alkyl halides is 4. The number of carbonyl (C=O) groups excluding carboxylic acids is 1. The van der Waals surface area contributed by atoms with Gasteiger partial charge in [0.1, 0.15) is 23.1 Å². The zero-order chi connectivity index (χ0) is 30.0. The summed E-state index contributed by atoms with van der Waals surface area (Å²) in [5.41, 5.74) is -1.34. The van der Waals surface area contributed by atoms with Gasteiger partial charge in [-0.25, -0.2) is 4.39 Å². The predicted octanol–water partition coefficient (Wildman–Crippen LogP) is 5.50. The maximum Gasteiger partial charge on any atom is 0.407 e. The molecule has 210 valence electrons. The van der Waals surface area contributed by atoms with Gasteiger partial charge < -0.3 is 5.32 Å². The Bertz CT molecular complexity index is 1360. The van der Waals surface area contributed by atoms with Crippen LogP contribution in [0.3, 0.4) is 0 Å². The van der Waals surface area contributed by atoms with Crippen LogP contribution in [-0.2, 0) is 4.79 Å². The number of halogens is 4. The summed E-state index contributed by atoms with van der Waals surface area (Å²) in [6.07, 6.45) is -0.779. The number of carbonyl (C=O) groups is 1. The van der Waals surface area contributed by atoms with Crippen LogP contribution >= 0.6 is 0 Å². The standard InChI is InChI=1S/C29H30F4N6O/c1-27(2,30)15-23(26(40)38-28(16-34)13-14-28)37-24(29(31,32)33)20-7-3-18(4-8-20)19-5-9-21(10-6-19)25(36)39(17-35)22-11-12-22/h3-10,22-24,36-37H,11-15H2,1-2H3,(H,38,40)/b36-25+. The summed E-state index contributed by atoms with van der Waals surface area (Å²) in [6, 6.07) is 10.7. The van der Waals surface area contributed by atoms with Crippen molar-refractivity contribution >= 4 is 11.7 Å². The van der Waals surface area contributed by atoms with Gasteiger partial charge in [0.2, 0.25) is 5.91 Å². The van der Waals surface area contributed by atoms with Gasteiger partial charge >= 0.3 is 6.18 Å². The van der Waals surface area contributed by atoms with E-state index in [4.69, 9.17) is 1.41 Å². The molecule has 2 aliphatic rings. The fourth-order valence-electron chi connectivity index (χ4n) is 4.46. The Kier molecular flexibility index (Phi) is 7.52. The molecule has 0 aliphatic heterocycles. The van der Waals surface area contributed by atoms with Crippen molar-refractivity contribution in [3.8, 4) is 23.4 Å². The van der Waals surface area contributed by atoms with Gasteiger partial charge in [-0.1, -0.05) is 48.5 Å². The lowest BCUT2D eigenvalue weighted by Crippen LogP contribution is -2.53.